The largest absolute Gasteiger partial charge is 0.497 e. The maximum Gasteiger partial charge on any atom is 0.226 e. The van der Waals surface area contributed by atoms with Crippen LogP contribution in [-0.2, 0) is 4.79 Å². The number of carbonyl (C=O) groups is 1. The molecule has 0 radical (unpaired) electrons. The topological polar surface area (TPSA) is 56.1 Å². The first-order valence-electron chi connectivity index (χ1n) is 7.92. The molecule has 2 heterocycles. The number of nitrogens with one attached hydrogen (secondary N) is 1. The number of benzene rings is 2. The Morgan fingerprint density at radius 3 is 2.56 bits per heavy atom. The van der Waals surface area contributed by atoms with Gasteiger partial charge in [0, 0.05) is 23.0 Å². The van der Waals surface area contributed by atoms with Gasteiger partial charge in [0.05, 0.1) is 12.8 Å². The van der Waals surface area contributed by atoms with Crippen LogP contribution >= 0.6 is 11.6 Å². The van der Waals surface area contributed by atoms with Crippen LogP contribution in [-0.4, -0.2) is 22.6 Å². The van der Waals surface area contributed by atoms with Crippen molar-refractivity contribution in [1.82, 2.24) is 9.55 Å². The van der Waals surface area contributed by atoms with Crippen LogP contribution < -0.4 is 10.1 Å². The van der Waals surface area contributed by atoms with E-state index in [4.69, 9.17) is 16.3 Å². The minimum atomic E-state index is -0.0804. The molecule has 1 aliphatic heterocycles. The van der Waals surface area contributed by atoms with E-state index in [-0.39, 0.29) is 11.8 Å². The van der Waals surface area contributed by atoms with E-state index < -0.39 is 0 Å². The predicted octanol–water partition coefficient (Wildman–Crippen LogP) is 4.01. The fourth-order valence-electron chi connectivity index (χ4n) is 3.12. The molecule has 0 aliphatic carbocycles. The molecule has 25 heavy (non-hydrogen) atoms. The molecule has 4 rings (SSSR count). The van der Waals surface area contributed by atoms with Crippen molar-refractivity contribution in [2.24, 2.45) is 0 Å². The summed E-state index contributed by atoms with van der Waals surface area (Å²) >= 11 is 5.96. The van der Waals surface area contributed by atoms with Gasteiger partial charge in [-0.15, -0.1) is 0 Å². The highest BCUT2D eigenvalue weighted by molar-refractivity contribution is 6.30. The molecule has 1 aliphatic rings. The zero-order valence-electron chi connectivity index (χ0n) is 13.6. The average Bonchev–Trinajstić information content (AvgIpc) is 3.05. The number of amides is 1. The summed E-state index contributed by atoms with van der Waals surface area (Å²) in [5, 5.41) is 3.61. The summed E-state index contributed by atoms with van der Waals surface area (Å²) in [5.41, 5.74) is 2.80. The molecule has 1 aromatic heterocycles. The van der Waals surface area contributed by atoms with Gasteiger partial charge in [0.15, 0.2) is 0 Å². The number of imidazole rings is 1. The van der Waals surface area contributed by atoms with Crippen molar-refractivity contribution >= 4 is 23.3 Å². The Balaban J connectivity index is 1.76. The number of fused-ring (bicyclic) bond motifs is 1. The summed E-state index contributed by atoms with van der Waals surface area (Å²) < 4.78 is 7.08. The lowest BCUT2D eigenvalue weighted by Crippen LogP contribution is -2.24. The van der Waals surface area contributed by atoms with E-state index in [1.54, 1.807) is 13.4 Å². The number of ether oxygens (including phenoxy) is 1. The first-order valence-corrected chi connectivity index (χ1v) is 8.30. The Kier molecular flexibility index (Phi) is 3.93. The normalized spacial score (nSPS) is 16.2. The van der Waals surface area contributed by atoms with Crippen LogP contribution in [0.2, 0.25) is 5.02 Å². The van der Waals surface area contributed by atoms with Crippen LogP contribution in [0, 0.1) is 0 Å². The van der Waals surface area contributed by atoms with E-state index in [1.807, 2.05) is 53.1 Å². The lowest BCUT2D eigenvalue weighted by atomic mass is 9.90. The molecule has 0 fully saturated rings. The van der Waals surface area contributed by atoms with Gasteiger partial charge in [-0.3, -0.25) is 9.36 Å². The number of hydrogen-bond acceptors (Lipinski definition) is 3. The number of aromatic nitrogens is 2. The molecule has 0 bridgehead atoms. The van der Waals surface area contributed by atoms with E-state index in [1.165, 1.54) is 0 Å². The molecule has 2 aromatic carbocycles. The number of nitrogens with zero attached hydrogens (tertiary/aromatic N) is 2. The van der Waals surface area contributed by atoms with Crippen molar-refractivity contribution in [3.05, 3.63) is 71.1 Å². The van der Waals surface area contributed by atoms with Gasteiger partial charge in [-0.2, -0.15) is 0 Å². The van der Waals surface area contributed by atoms with Crippen LogP contribution in [0.1, 0.15) is 23.6 Å². The fraction of sp³-hybridized carbons (Fsp3) is 0.158. The van der Waals surface area contributed by atoms with Crippen LogP contribution in [0.25, 0.3) is 5.69 Å². The lowest BCUT2D eigenvalue weighted by Gasteiger charge is -2.23. The van der Waals surface area contributed by atoms with Crippen LogP contribution in [0.15, 0.2) is 54.9 Å². The molecule has 126 valence electrons. The molecular formula is C19H16ClN3O2. The van der Waals surface area contributed by atoms with Gasteiger partial charge in [0.25, 0.3) is 0 Å². The van der Waals surface area contributed by atoms with E-state index in [0.717, 1.165) is 22.7 Å². The second-order valence-electron chi connectivity index (χ2n) is 5.90. The first kappa shape index (κ1) is 15.7. The molecule has 3 aromatic rings. The summed E-state index contributed by atoms with van der Waals surface area (Å²) in [6, 6.07) is 15.2. The standard InChI is InChI=1S/C19H16ClN3O2/c1-25-15-8-2-12(3-9-15)16-10-17(24)22-19-18(16)21-11-23(19)14-6-4-13(20)5-7-14/h2-9,11,16H,10H2,1H3,(H,22,24). The van der Waals surface area contributed by atoms with Gasteiger partial charge in [0.2, 0.25) is 5.91 Å². The second-order valence-corrected chi connectivity index (χ2v) is 6.34. The predicted molar refractivity (Wildman–Crippen MR) is 96.7 cm³/mol. The van der Waals surface area contributed by atoms with Crippen molar-refractivity contribution in [1.29, 1.82) is 0 Å². The van der Waals surface area contributed by atoms with E-state index in [2.05, 4.69) is 10.3 Å². The summed E-state index contributed by atoms with van der Waals surface area (Å²) in [7, 11) is 1.63. The molecule has 0 saturated heterocycles. The van der Waals surface area contributed by atoms with Gasteiger partial charge in [-0.25, -0.2) is 4.98 Å². The Bertz CT molecular complexity index is 917. The maximum absolute atomic E-state index is 12.3. The summed E-state index contributed by atoms with van der Waals surface area (Å²) in [5.74, 6) is 1.39. The van der Waals surface area contributed by atoms with Crippen LogP contribution in [0.5, 0.6) is 5.75 Å². The van der Waals surface area contributed by atoms with Crippen LogP contribution in [0.3, 0.4) is 0 Å². The lowest BCUT2D eigenvalue weighted by molar-refractivity contribution is -0.116. The highest BCUT2D eigenvalue weighted by atomic mass is 35.5. The van der Waals surface area contributed by atoms with Crippen molar-refractivity contribution < 1.29 is 9.53 Å². The van der Waals surface area contributed by atoms with Gasteiger partial charge < -0.3 is 10.1 Å². The zero-order valence-corrected chi connectivity index (χ0v) is 14.3. The molecule has 1 atom stereocenters. The SMILES string of the molecule is COc1ccc(C2CC(=O)Nc3c2ncn3-c2ccc(Cl)cc2)cc1. The molecular weight excluding hydrogens is 338 g/mol. The van der Waals surface area contributed by atoms with E-state index in [0.29, 0.717) is 17.3 Å². The Hall–Kier alpha value is -2.79. The van der Waals surface area contributed by atoms with Crippen molar-refractivity contribution in [2.75, 3.05) is 12.4 Å². The van der Waals surface area contributed by atoms with Crippen molar-refractivity contribution in [3.63, 3.8) is 0 Å². The van der Waals surface area contributed by atoms with Crippen LogP contribution in [0.4, 0.5) is 5.82 Å². The maximum atomic E-state index is 12.3. The molecule has 1 amide bonds. The molecule has 1 N–H and O–H groups in total. The summed E-state index contributed by atoms with van der Waals surface area (Å²) in [6.45, 7) is 0. The molecule has 6 heteroatoms. The molecule has 0 spiro atoms. The number of rotatable bonds is 3. The zero-order chi connectivity index (χ0) is 17.4. The first-order chi connectivity index (χ1) is 12.2. The van der Waals surface area contributed by atoms with E-state index in [9.17, 15) is 4.79 Å². The second kappa shape index (κ2) is 6.26. The number of halogens is 1. The number of anilines is 1. The number of hydrogen-bond donors (Lipinski definition) is 1. The Labute approximate surface area is 150 Å². The van der Waals surface area contributed by atoms with Crippen molar-refractivity contribution in [2.45, 2.75) is 12.3 Å². The summed E-state index contributed by atoms with van der Waals surface area (Å²) in [6.07, 6.45) is 2.10. The van der Waals surface area contributed by atoms with Gasteiger partial charge in [-0.05, 0) is 42.0 Å². The fourth-order valence-corrected chi connectivity index (χ4v) is 3.24. The van der Waals surface area contributed by atoms with Crippen molar-refractivity contribution in [3.8, 4) is 11.4 Å². The molecule has 1 unspecified atom stereocenters. The number of methoxy groups -OCH3 is 1. The minimum Gasteiger partial charge on any atom is -0.497 e. The third-order valence-electron chi connectivity index (χ3n) is 4.40. The quantitative estimate of drug-likeness (QED) is 0.774. The average molecular weight is 354 g/mol. The Morgan fingerprint density at radius 1 is 1.16 bits per heavy atom. The minimum absolute atomic E-state index is 0.0240. The number of carbonyl (C=O) groups excluding carboxylic acids is 1. The van der Waals surface area contributed by atoms with Gasteiger partial charge in [-0.1, -0.05) is 23.7 Å². The van der Waals surface area contributed by atoms with Gasteiger partial charge in [0.1, 0.15) is 17.9 Å². The highest BCUT2D eigenvalue weighted by Gasteiger charge is 2.30. The smallest absolute Gasteiger partial charge is 0.226 e. The van der Waals surface area contributed by atoms with E-state index >= 15 is 0 Å². The molecule has 0 saturated carbocycles. The third kappa shape index (κ3) is 2.87. The monoisotopic (exact) mass is 353 g/mol. The molecule has 5 nitrogen and oxygen atoms in total. The highest BCUT2D eigenvalue weighted by Crippen LogP contribution is 2.37. The third-order valence-corrected chi connectivity index (χ3v) is 4.65. The van der Waals surface area contributed by atoms with Gasteiger partial charge >= 0.3 is 0 Å². The Morgan fingerprint density at radius 2 is 1.88 bits per heavy atom. The summed E-state index contributed by atoms with van der Waals surface area (Å²) in [4.78, 5) is 16.8.